The van der Waals surface area contributed by atoms with Crippen LogP contribution in [0.4, 0.5) is 5.69 Å². The Morgan fingerprint density at radius 3 is 3.00 bits per heavy atom. The number of pyridine rings is 1. The molecule has 1 aromatic heterocycles. The Hall–Kier alpha value is -1.64. The predicted molar refractivity (Wildman–Crippen MR) is 54.0 cm³/mol. The highest BCUT2D eigenvalue weighted by atomic mass is 15.2. The highest BCUT2D eigenvalue weighted by molar-refractivity contribution is 6.05. The topological polar surface area (TPSA) is 28.5 Å². The molecule has 2 rings (SSSR count). The van der Waals surface area contributed by atoms with Crippen LogP contribution in [-0.4, -0.2) is 17.7 Å². The zero-order valence-electron chi connectivity index (χ0n) is 7.78. The first kappa shape index (κ1) is 7.98. The van der Waals surface area contributed by atoms with Crippen LogP contribution in [-0.2, 0) is 0 Å². The molecule has 0 fully saturated rings. The Bertz CT molecular complexity index is 393. The van der Waals surface area contributed by atoms with Crippen molar-refractivity contribution in [2.45, 2.75) is 6.92 Å². The maximum atomic E-state index is 4.33. The van der Waals surface area contributed by atoms with Gasteiger partial charge < -0.3 is 4.90 Å². The molecule has 0 N–H and O–H groups in total. The molecule has 1 aliphatic rings. The van der Waals surface area contributed by atoms with Crippen LogP contribution >= 0.6 is 0 Å². The van der Waals surface area contributed by atoms with Crippen LogP contribution in [0, 0.1) is 0 Å². The highest BCUT2D eigenvalue weighted by Gasteiger charge is 2.16. The van der Waals surface area contributed by atoms with Gasteiger partial charge in [-0.05, 0) is 13.0 Å². The smallest absolute Gasteiger partial charge is 0.125 e. The summed E-state index contributed by atoms with van der Waals surface area (Å²) in [5.41, 5.74) is 3.20. The van der Waals surface area contributed by atoms with Gasteiger partial charge in [-0.1, -0.05) is 6.58 Å². The molecule has 0 saturated carbocycles. The van der Waals surface area contributed by atoms with E-state index in [1.807, 2.05) is 31.1 Å². The second-order valence-electron chi connectivity index (χ2n) is 3.07. The van der Waals surface area contributed by atoms with Gasteiger partial charge in [0, 0.05) is 24.5 Å². The number of hydrogen-bond acceptors (Lipinski definition) is 3. The molecule has 2 heterocycles. The van der Waals surface area contributed by atoms with Gasteiger partial charge in [0.15, 0.2) is 0 Å². The number of nitrogens with zero attached hydrogens (tertiary/aromatic N) is 3. The molecule has 3 nitrogen and oxygen atoms in total. The zero-order chi connectivity index (χ0) is 9.42. The molecular formula is C10H11N3. The molecule has 0 aromatic carbocycles. The minimum atomic E-state index is 0.762. The number of rotatable bonds is 0. The van der Waals surface area contributed by atoms with Crippen molar-refractivity contribution < 1.29 is 0 Å². The first-order chi connectivity index (χ1) is 6.20. The van der Waals surface area contributed by atoms with Gasteiger partial charge in [0.1, 0.15) is 5.82 Å². The van der Waals surface area contributed by atoms with Crippen molar-refractivity contribution in [3.05, 3.63) is 36.4 Å². The molecule has 0 radical (unpaired) electrons. The first-order valence-electron chi connectivity index (χ1n) is 4.12. The number of fused-ring (bicyclic) bond motifs is 1. The molecule has 66 valence electrons. The zero-order valence-corrected chi connectivity index (χ0v) is 7.78. The Balaban J connectivity index is 2.65. The Morgan fingerprint density at radius 1 is 1.46 bits per heavy atom. The van der Waals surface area contributed by atoms with Gasteiger partial charge in [0.2, 0.25) is 0 Å². The molecule has 3 heteroatoms. The van der Waals surface area contributed by atoms with E-state index in [2.05, 4.69) is 16.6 Å². The van der Waals surface area contributed by atoms with E-state index in [4.69, 9.17) is 0 Å². The molecule has 0 atom stereocenters. The van der Waals surface area contributed by atoms with Gasteiger partial charge in [-0.15, -0.1) is 0 Å². The molecule has 0 aliphatic carbocycles. The van der Waals surface area contributed by atoms with Crippen LogP contribution in [0.5, 0.6) is 0 Å². The molecule has 0 unspecified atom stereocenters. The Morgan fingerprint density at radius 2 is 2.23 bits per heavy atom. The molecular weight excluding hydrogens is 162 g/mol. The predicted octanol–water partition coefficient (Wildman–Crippen LogP) is 1.81. The van der Waals surface area contributed by atoms with Gasteiger partial charge >= 0.3 is 0 Å². The molecule has 1 aromatic rings. The van der Waals surface area contributed by atoms with Crippen LogP contribution < -0.4 is 4.90 Å². The van der Waals surface area contributed by atoms with E-state index >= 15 is 0 Å². The fourth-order valence-electron chi connectivity index (χ4n) is 1.43. The summed E-state index contributed by atoms with van der Waals surface area (Å²) in [6.45, 7) is 5.84. The van der Waals surface area contributed by atoms with Gasteiger partial charge in [-0.25, -0.2) is 4.99 Å². The van der Waals surface area contributed by atoms with Crippen molar-refractivity contribution in [2.24, 2.45) is 4.99 Å². The monoisotopic (exact) mass is 173 g/mol. The minimum Gasteiger partial charge on any atom is -0.328 e. The number of aliphatic imine (C=N–C) groups is 1. The lowest BCUT2D eigenvalue weighted by Gasteiger charge is -2.25. The van der Waals surface area contributed by atoms with Crippen LogP contribution in [0.2, 0.25) is 0 Å². The Kier molecular flexibility index (Phi) is 1.65. The third-order valence-corrected chi connectivity index (χ3v) is 2.24. The Labute approximate surface area is 77.4 Å². The minimum absolute atomic E-state index is 0.762. The fraction of sp³-hybridized carbons (Fsp3) is 0.200. The summed E-state index contributed by atoms with van der Waals surface area (Å²) < 4.78 is 0. The van der Waals surface area contributed by atoms with Crippen molar-refractivity contribution >= 4 is 11.4 Å². The first-order valence-corrected chi connectivity index (χ1v) is 4.12. The second-order valence-corrected chi connectivity index (χ2v) is 3.07. The molecule has 0 amide bonds. The maximum Gasteiger partial charge on any atom is 0.125 e. The lowest BCUT2D eigenvalue weighted by Crippen LogP contribution is -2.22. The second kappa shape index (κ2) is 2.69. The molecule has 0 saturated heterocycles. The summed E-state index contributed by atoms with van der Waals surface area (Å²) in [6.07, 6.45) is 3.61. The van der Waals surface area contributed by atoms with Crippen LogP contribution in [0.25, 0.3) is 0 Å². The number of hydrogen-bond donors (Lipinski definition) is 0. The standard InChI is InChI=1S/C10H11N3/c1-7-9-4-5-11-6-10(9)13(3)8(2)12-7/h4-6H,2H2,1,3H3. The molecule has 0 bridgehead atoms. The van der Waals surface area contributed by atoms with E-state index < -0.39 is 0 Å². The van der Waals surface area contributed by atoms with Crippen molar-refractivity contribution in [1.29, 1.82) is 0 Å². The maximum absolute atomic E-state index is 4.33. The third kappa shape index (κ3) is 1.13. The van der Waals surface area contributed by atoms with Crippen LogP contribution in [0.15, 0.2) is 35.9 Å². The van der Waals surface area contributed by atoms with Gasteiger partial charge in [0.25, 0.3) is 0 Å². The van der Waals surface area contributed by atoms with Crippen molar-refractivity contribution in [3.8, 4) is 0 Å². The van der Waals surface area contributed by atoms with E-state index in [9.17, 15) is 0 Å². The summed E-state index contributed by atoms with van der Waals surface area (Å²) in [6, 6.07) is 1.97. The number of anilines is 1. The molecule has 13 heavy (non-hydrogen) atoms. The summed E-state index contributed by atoms with van der Waals surface area (Å²) in [4.78, 5) is 10.3. The SMILES string of the molecule is C=C1N=C(C)c2ccncc2N1C. The molecule has 0 spiro atoms. The highest BCUT2D eigenvalue weighted by Crippen LogP contribution is 2.26. The summed E-state index contributed by atoms with van der Waals surface area (Å²) in [7, 11) is 1.94. The fourth-order valence-corrected chi connectivity index (χ4v) is 1.43. The quantitative estimate of drug-likeness (QED) is 0.598. The lowest BCUT2D eigenvalue weighted by atomic mass is 10.1. The normalized spacial score (nSPS) is 15.4. The van der Waals surface area contributed by atoms with E-state index in [0.717, 1.165) is 22.8 Å². The third-order valence-electron chi connectivity index (χ3n) is 2.24. The van der Waals surface area contributed by atoms with Gasteiger partial charge in [0.05, 0.1) is 11.9 Å². The largest absolute Gasteiger partial charge is 0.328 e. The summed E-state index contributed by atoms with van der Waals surface area (Å²) >= 11 is 0. The van der Waals surface area contributed by atoms with Crippen molar-refractivity contribution in [3.63, 3.8) is 0 Å². The number of aromatic nitrogens is 1. The van der Waals surface area contributed by atoms with Crippen molar-refractivity contribution in [1.82, 2.24) is 4.98 Å². The molecule has 1 aliphatic heterocycles. The van der Waals surface area contributed by atoms with Crippen molar-refractivity contribution in [2.75, 3.05) is 11.9 Å². The van der Waals surface area contributed by atoms with Crippen LogP contribution in [0.3, 0.4) is 0 Å². The average Bonchev–Trinajstić information content (AvgIpc) is 2.15. The van der Waals surface area contributed by atoms with Gasteiger partial charge in [-0.2, -0.15) is 0 Å². The van der Waals surface area contributed by atoms with Gasteiger partial charge in [-0.3, -0.25) is 4.98 Å². The van der Waals surface area contributed by atoms with E-state index in [-0.39, 0.29) is 0 Å². The van der Waals surface area contributed by atoms with Crippen LogP contribution in [0.1, 0.15) is 12.5 Å². The summed E-state index contributed by atoms with van der Waals surface area (Å²) in [5, 5.41) is 0. The average molecular weight is 173 g/mol. The summed E-state index contributed by atoms with van der Waals surface area (Å²) in [5.74, 6) is 0.762. The van der Waals surface area contributed by atoms with E-state index in [1.165, 1.54) is 0 Å². The lowest BCUT2D eigenvalue weighted by molar-refractivity contribution is 1.03. The van der Waals surface area contributed by atoms with E-state index in [1.54, 1.807) is 6.20 Å². The van der Waals surface area contributed by atoms with E-state index in [0.29, 0.717) is 0 Å².